The number of aliphatic hydroxyl groups is 1. The van der Waals surface area contributed by atoms with Gasteiger partial charge in [-0.25, -0.2) is 0 Å². The summed E-state index contributed by atoms with van der Waals surface area (Å²) in [6.07, 6.45) is 1.93. The number of rotatable bonds is 5. The molecule has 0 bridgehead atoms. The summed E-state index contributed by atoms with van der Waals surface area (Å²) in [4.78, 5) is 7.10. The Hall–Kier alpha value is -1.43. The van der Waals surface area contributed by atoms with Crippen LogP contribution in [-0.4, -0.2) is 55.2 Å². The molecule has 5 heteroatoms. The van der Waals surface area contributed by atoms with Crippen LogP contribution in [0.3, 0.4) is 0 Å². The molecule has 2 aliphatic heterocycles. The maximum atomic E-state index is 9.17. The zero-order valence-corrected chi connectivity index (χ0v) is 12.3. The molecule has 0 unspecified atom stereocenters. The molecule has 0 atom stereocenters. The molecule has 0 aliphatic carbocycles. The molecule has 0 aromatic heterocycles. The molecule has 5 nitrogen and oxygen atoms in total. The van der Waals surface area contributed by atoms with E-state index in [9.17, 15) is 0 Å². The van der Waals surface area contributed by atoms with Gasteiger partial charge in [0.05, 0.1) is 19.8 Å². The molecule has 21 heavy (non-hydrogen) atoms. The monoisotopic (exact) mass is 289 g/mol. The largest absolute Gasteiger partial charge is 0.392 e. The highest BCUT2D eigenvalue weighted by molar-refractivity contribution is 6.03. The number of morpholine rings is 1. The van der Waals surface area contributed by atoms with Crippen molar-refractivity contribution in [1.29, 1.82) is 0 Å². The number of ether oxygens (including phenoxy) is 1. The summed E-state index contributed by atoms with van der Waals surface area (Å²) in [7, 11) is 0. The number of nitrogens with zero attached hydrogens (tertiary/aromatic N) is 2. The first-order valence-corrected chi connectivity index (χ1v) is 7.68. The van der Waals surface area contributed by atoms with E-state index in [1.807, 2.05) is 12.1 Å². The van der Waals surface area contributed by atoms with Gasteiger partial charge in [0.1, 0.15) is 5.84 Å². The third-order valence-corrected chi connectivity index (χ3v) is 4.03. The first-order valence-electron chi connectivity index (χ1n) is 7.68. The second-order valence-electron chi connectivity index (χ2n) is 5.59. The molecule has 1 aromatic rings. The van der Waals surface area contributed by atoms with Crippen molar-refractivity contribution in [2.45, 2.75) is 19.4 Å². The molecule has 114 valence electrons. The zero-order chi connectivity index (χ0) is 14.5. The fraction of sp³-hybridized carbons (Fsp3) is 0.562. The number of aliphatic imine (C=N–C) groups is 1. The summed E-state index contributed by atoms with van der Waals surface area (Å²) < 4.78 is 5.34. The average molecular weight is 289 g/mol. The molecule has 0 saturated carbocycles. The van der Waals surface area contributed by atoms with Crippen LogP contribution >= 0.6 is 0 Å². The summed E-state index contributed by atoms with van der Waals surface area (Å²) >= 11 is 0. The normalized spacial score (nSPS) is 20.5. The van der Waals surface area contributed by atoms with E-state index in [0.717, 1.165) is 69.3 Å². The van der Waals surface area contributed by atoms with Crippen molar-refractivity contribution in [2.75, 3.05) is 44.7 Å². The van der Waals surface area contributed by atoms with E-state index in [4.69, 9.17) is 9.84 Å². The van der Waals surface area contributed by atoms with Gasteiger partial charge in [-0.3, -0.25) is 9.89 Å². The van der Waals surface area contributed by atoms with Gasteiger partial charge in [0.15, 0.2) is 0 Å². The number of aliphatic hydroxyl groups excluding tert-OH is 1. The lowest BCUT2D eigenvalue weighted by atomic mass is 10.1. The molecule has 2 aliphatic rings. The van der Waals surface area contributed by atoms with E-state index < -0.39 is 0 Å². The van der Waals surface area contributed by atoms with Gasteiger partial charge in [-0.05, 0) is 23.6 Å². The molecule has 0 amide bonds. The molecule has 1 aromatic carbocycles. The maximum absolute atomic E-state index is 9.17. The van der Waals surface area contributed by atoms with Gasteiger partial charge in [-0.2, -0.15) is 0 Å². The van der Waals surface area contributed by atoms with Crippen molar-refractivity contribution in [3.8, 4) is 0 Å². The van der Waals surface area contributed by atoms with E-state index in [2.05, 4.69) is 21.3 Å². The maximum Gasteiger partial charge on any atom is 0.105 e. The topological polar surface area (TPSA) is 57.1 Å². The van der Waals surface area contributed by atoms with Crippen LogP contribution in [-0.2, 0) is 17.8 Å². The standard InChI is InChI=1S/C16H23N3O2/c20-12-13-2-3-15-14(10-13)11-16(18-15)17-4-1-5-19-6-8-21-9-7-19/h2-3,10,20H,1,4-9,11-12H2,(H,17,18). The van der Waals surface area contributed by atoms with Gasteiger partial charge in [0.25, 0.3) is 0 Å². The fourth-order valence-electron chi connectivity index (χ4n) is 2.82. The van der Waals surface area contributed by atoms with Crippen molar-refractivity contribution in [3.05, 3.63) is 29.3 Å². The Morgan fingerprint density at radius 3 is 2.95 bits per heavy atom. The Balaban J connectivity index is 1.45. The van der Waals surface area contributed by atoms with Gasteiger partial charge in [0.2, 0.25) is 0 Å². The van der Waals surface area contributed by atoms with Crippen LogP contribution < -0.4 is 5.32 Å². The predicted molar refractivity (Wildman–Crippen MR) is 83.9 cm³/mol. The van der Waals surface area contributed by atoms with Gasteiger partial charge in [-0.15, -0.1) is 0 Å². The van der Waals surface area contributed by atoms with Gasteiger partial charge >= 0.3 is 0 Å². The highest BCUT2D eigenvalue weighted by atomic mass is 16.5. The first-order chi connectivity index (χ1) is 10.3. The van der Waals surface area contributed by atoms with Crippen LogP contribution in [0, 0.1) is 0 Å². The van der Waals surface area contributed by atoms with Gasteiger partial charge in [0, 0.05) is 38.3 Å². The van der Waals surface area contributed by atoms with Crippen molar-refractivity contribution in [2.24, 2.45) is 4.99 Å². The molecule has 2 heterocycles. The van der Waals surface area contributed by atoms with Crippen LogP contribution in [0.15, 0.2) is 23.2 Å². The summed E-state index contributed by atoms with van der Waals surface area (Å²) in [6.45, 7) is 5.87. The van der Waals surface area contributed by atoms with E-state index in [0.29, 0.717) is 0 Å². The molecule has 1 saturated heterocycles. The number of nitrogens with one attached hydrogen (secondary N) is 1. The zero-order valence-electron chi connectivity index (χ0n) is 12.3. The Morgan fingerprint density at radius 2 is 2.14 bits per heavy atom. The fourth-order valence-corrected chi connectivity index (χ4v) is 2.82. The second kappa shape index (κ2) is 7.02. The summed E-state index contributed by atoms with van der Waals surface area (Å²) in [5.41, 5.74) is 3.32. The third kappa shape index (κ3) is 3.81. The van der Waals surface area contributed by atoms with Crippen molar-refractivity contribution in [1.82, 2.24) is 4.90 Å². The average Bonchev–Trinajstić information content (AvgIpc) is 2.94. The molecule has 0 spiro atoms. The minimum absolute atomic E-state index is 0.0965. The first kappa shape index (κ1) is 14.5. The Morgan fingerprint density at radius 1 is 1.29 bits per heavy atom. The number of amidine groups is 1. The molecular weight excluding hydrogens is 266 g/mol. The lowest BCUT2D eigenvalue weighted by Crippen LogP contribution is -2.37. The van der Waals surface area contributed by atoms with E-state index in [1.54, 1.807) is 0 Å². The second-order valence-corrected chi connectivity index (χ2v) is 5.59. The molecule has 2 N–H and O–H groups in total. The summed E-state index contributed by atoms with van der Waals surface area (Å²) in [6, 6.07) is 6.03. The van der Waals surface area contributed by atoms with E-state index in [-0.39, 0.29) is 6.61 Å². The summed E-state index contributed by atoms with van der Waals surface area (Å²) in [5.74, 6) is 1.04. The highest BCUT2D eigenvalue weighted by Crippen LogP contribution is 2.24. The number of hydrogen-bond acceptors (Lipinski definition) is 4. The Kier molecular flexibility index (Phi) is 4.85. The molecule has 0 radical (unpaired) electrons. The van der Waals surface area contributed by atoms with Crippen LogP contribution in [0.4, 0.5) is 5.69 Å². The van der Waals surface area contributed by atoms with Crippen LogP contribution in [0.2, 0.25) is 0 Å². The number of hydrogen-bond donors (Lipinski definition) is 2. The summed E-state index contributed by atoms with van der Waals surface area (Å²) in [5, 5.41) is 12.5. The van der Waals surface area contributed by atoms with Crippen molar-refractivity contribution < 1.29 is 9.84 Å². The van der Waals surface area contributed by atoms with Crippen LogP contribution in [0.1, 0.15) is 17.5 Å². The minimum Gasteiger partial charge on any atom is -0.392 e. The smallest absolute Gasteiger partial charge is 0.105 e. The quantitative estimate of drug-likeness (QED) is 0.802. The minimum atomic E-state index is 0.0965. The van der Waals surface area contributed by atoms with E-state index >= 15 is 0 Å². The van der Waals surface area contributed by atoms with Crippen LogP contribution in [0.25, 0.3) is 0 Å². The number of fused-ring (bicyclic) bond motifs is 1. The molecular formula is C16H23N3O2. The van der Waals surface area contributed by atoms with Crippen LogP contribution in [0.5, 0.6) is 0 Å². The van der Waals surface area contributed by atoms with Crippen molar-refractivity contribution >= 4 is 11.5 Å². The Bertz CT molecular complexity index is 510. The Labute approximate surface area is 125 Å². The lowest BCUT2D eigenvalue weighted by Gasteiger charge is -2.26. The van der Waals surface area contributed by atoms with E-state index in [1.165, 1.54) is 5.56 Å². The van der Waals surface area contributed by atoms with Gasteiger partial charge < -0.3 is 15.2 Å². The molecule has 1 fully saturated rings. The third-order valence-electron chi connectivity index (χ3n) is 4.03. The SMILES string of the molecule is OCc1ccc2c(c1)CC(=NCCCN1CCOCC1)N2. The van der Waals surface area contributed by atoms with Crippen molar-refractivity contribution in [3.63, 3.8) is 0 Å². The predicted octanol–water partition coefficient (Wildman–Crippen LogP) is 1.27. The number of anilines is 1. The molecule has 3 rings (SSSR count). The van der Waals surface area contributed by atoms with Gasteiger partial charge in [-0.1, -0.05) is 12.1 Å². The number of benzene rings is 1. The lowest BCUT2D eigenvalue weighted by molar-refractivity contribution is 0.0377. The highest BCUT2D eigenvalue weighted by Gasteiger charge is 2.16.